The fourth-order valence-corrected chi connectivity index (χ4v) is 3.41. The highest BCUT2D eigenvalue weighted by molar-refractivity contribution is 7.90. The number of hydrogen-bond acceptors (Lipinski definition) is 3. The summed E-state index contributed by atoms with van der Waals surface area (Å²) in [6.07, 6.45) is 1.27. The third-order valence-corrected chi connectivity index (χ3v) is 4.83. The monoisotopic (exact) mass is 216 g/mol. The molecule has 14 heavy (non-hydrogen) atoms. The second kappa shape index (κ2) is 4.28. The lowest BCUT2D eigenvalue weighted by molar-refractivity contribution is 0.458. The molecule has 0 aromatic rings. The Kier molecular flexibility index (Phi) is 3.51. The molecule has 0 bridgehead atoms. The smallest absolute Gasteiger partial charge is 0.211 e. The van der Waals surface area contributed by atoms with Gasteiger partial charge in [-0.05, 0) is 18.8 Å². The van der Waals surface area contributed by atoms with Crippen molar-refractivity contribution in [1.82, 2.24) is 4.31 Å². The molecule has 1 aliphatic rings. The molecule has 0 amide bonds. The quantitative estimate of drug-likeness (QED) is 0.706. The molecule has 2 unspecified atom stereocenters. The molecule has 1 aliphatic heterocycles. The third kappa shape index (κ3) is 2.07. The molecular weight excluding hydrogens is 200 g/mol. The molecule has 1 saturated heterocycles. The van der Waals surface area contributed by atoms with Gasteiger partial charge in [-0.3, -0.25) is 0 Å². The summed E-state index contributed by atoms with van der Waals surface area (Å²) >= 11 is 0. The Morgan fingerprint density at radius 2 is 2.29 bits per heavy atom. The highest BCUT2D eigenvalue weighted by atomic mass is 32.2. The van der Waals surface area contributed by atoms with Crippen molar-refractivity contribution in [2.75, 3.05) is 13.1 Å². The van der Waals surface area contributed by atoms with Crippen molar-refractivity contribution >= 4 is 10.0 Å². The first kappa shape index (κ1) is 11.5. The van der Waals surface area contributed by atoms with Crippen LogP contribution in [0.25, 0.3) is 0 Å². The molecule has 1 heterocycles. The van der Waals surface area contributed by atoms with Crippen molar-refractivity contribution < 1.29 is 8.42 Å². The lowest BCUT2D eigenvalue weighted by Gasteiger charge is -2.18. The molecular formula is C9H16N2O2S. The SMILES string of the molecule is CCC(C#N)S(=O)(=O)N1CCC(C)C1. The van der Waals surface area contributed by atoms with Crippen molar-refractivity contribution in [3.63, 3.8) is 0 Å². The number of hydrogen-bond donors (Lipinski definition) is 0. The topological polar surface area (TPSA) is 61.2 Å². The molecule has 1 fully saturated rings. The second-order valence-electron chi connectivity index (χ2n) is 3.82. The van der Waals surface area contributed by atoms with Crippen LogP contribution in [-0.2, 0) is 10.0 Å². The van der Waals surface area contributed by atoms with E-state index in [0.717, 1.165) is 6.42 Å². The maximum Gasteiger partial charge on any atom is 0.230 e. The summed E-state index contributed by atoms with van der Waals surface area (Å²) in [6, 6.07) is 1.85. The van der Waals surface area contributed by atoms with Crippen molar-refractivity contribution in [1.29, 1.82) is 5.26 Å². The Morgan fingerprint density at radius 1 is 1.64 bits per heavy atom. The van der Waals surface area contributed by atoms with E-state index in [2.05, 4.69) is 0 Å². The molecule has 5 heteroatoms. The summed E-state index contributed by atoms with van der Waals surface area (Å²) in [6.45, 7) is 4.90. The van der Waals surface area contributed by atoms with Crippen molar-refractivity contribution in [3.05, 3.63) is 0 Å². The first-order chi connectivity index (χ1) is 6.52. The first-order valence-corrected chi connectivity index (χ1v) is 6.41. The Labute approximate surface area is 85.6 Å². The van der Waals surface area contributed by atoms with Crippen molar-refractivity contribution in [2.24, 2.45) is 5.92 Å². The van der Waals surface area contributed by atoms with Gasteiger partial charge < -0.3 is 0 Å². The molecule has 2 atom stereocenters. The van der Waals surface area contributed by atoms with Crippen molar-refractivity contribution in [3.8, 4) is 6.07 Å². The van der Waals surface area contributed by atoms with E-state index >= 15 is 0 Å². The van der Waals surface area contributed by atoms with E-state index < -0.39 is 15.3 Å². The van der Waals surface area contributed by atoms with E-state index in [0.29, 0.717) is 25.4 Å². The van der Waals surface area contributed by atoms with Crippen LogP contribution in [0.4, 0.5) is 0 Å². The zero-order chi connectivity index (χ0) is 10.8. The summed E-state index contributed by atoms with van der Waals surface area (Å²) in [7, 11) is -3.36. The maximum atomic E-state index is 11.8. The number of nitriles is 1. The van der Waals surface area contributed by atoms with Crippen LogP contribution in [0.5, 0.6) is 0 Å². The zero-order valence-electron chi connectivity index (χ0n) is 8.60. The summed E-state index contributed by atoms with van der Waals surface area (Å²) < 4.78 is 25.1. The Hall–Kier alpha value is -0.600. The second-order valence-corrected chi connectivity index (χ2v) is 5.94. The van der Waals surface area contributed by atoms with E-state index in [1.165, 1.54) is 4.31 Å². The van der Waals surface area contributed by atoms with Gasteiger partial charge in [0.25, 0.3) is 0 Å². The van der Waals surface area contributed by atoms with E-state index in [1.807, 2.05) is 13.0 Å². The average molecular weight is 216 g/mol. The van der Waals surface area contributed by atoms with Gasteiger partial charge in [0.2, 0.25) is 10.0 Å². The minimum Gasteiger partial charge on any atom is -0.211 e. The van der Waals surface area contributed by atoms with Crippen LogP contribution >= 0.6 is 0 Å². The van der Waals surface area contributed by atoms with Crippen LogP contribution < -0.4 is 0 Å². The number of sulfonamides is 1. The summed E-state index contributed by atoms with van der Waals surface area (Å²) in [4.78, 5) is 0. The first-order valence-electron chi connectivity index (χ1n) is 4.91. The van der Waals surface area contributed by atoms with E-state index in [1.54, 1.807) is 6.92 Å². The number of rotatable bonds is 3. The lowest BCUT2D eigenvalue weighted by atomic mass is 10.2. The molecule has 0 aromatic heterocycles. The molecule has 0 aliphatic carbocycles. The Morgan fingerprint density at radius 3 is 2.64 bits per heavy atom. The van der Waals surface area contributed by atoms with Gasteiger partial charge >= 0.3 is 0 Å². The molecule has 0 saturated carbocycles. The van der Waals surface area contributed by atoms with Crippen LogP contribution in [0.2, 0.25) is 0 Å². The van der Waals surface area contributed by atoms with Crippen LogP contribution in [0.15, 0.2) is 0 Å². The van der Waals surface area contributed by atoms with Gasteiger partial charge in [0.1, 0.15) is 0 Å². The van der Waals surface area contributed by atoms with Crippen LogP contribution in [0.3, 0.4) is 0 Å². The standard InChI is InChI=1S/C9H16N2O2S/c1-3-9(6-10)14(12,13)11-5-4-8(2)7-11/h8-9H,3-5,7H2,1-2H3. The number of nitrogens with zero attached hydrogens (tertiary/aromatic N) is 2. The molecule has 0 aromatic carbocycles. The Balaban J connectivity index is 2.81. The van der Waals surface area contributed by atoms with Crippen molar-refractivity contribution in [2.45, 2.75) is 31.9 Å². The van der Waals surface area contributed by atoms with Gasteiger partial charge in [0.05, 0.1) is 6.07 Å². The summed E-state index contributed by atoms with van der Waals surface area (Å²) in [5.74, 6) is 0.418. The molecule has 80 valence electrons. The van der Waals surface area contributed by atoms with Gasteiger partial charge in [-0.1, -0.05) is 13.8 Å². The normalized spacial score (nSPS) is 25.9. The van der Waals surface area contributed by atoms with Gasteiger partial charge in [0, 0.05) is 13.1 Å². The molecule has 0 N–H and O–H groups in total. The van der Waals surface area contributed by atoms with E-state index in [4.69, 9.17) is 5.26 Å². The van der Waals surface area contributed by atoms with E-state index in [-0.39, 0.29) is 0 Å². The molecule has 0 spiro atoms. The van der Waals surface area contributed by atoms with E-state index in [9.17, 15) is 8.42 Å². The van der Waals surface area contributed by atoms with Crippen LogP contribution in [0.1, 0.15) is 26.7 Å². The zero-order valence-corrected chi connectivity index (χ0v) is 9.42. The molecule has 1 rings (SSSR count). The molecule has 4 nitrogen and oxygen atoms in total. The maximum absolute atomic E-state index is 11.8. The van der Waals surface area contributed by atoms with Gasteiger partial charge in [0.15, 0.2) is 5.25 Å². The predicted molar refractivity (Wildman–Crippen MR) is 54.0 cm³/mol. The minimum absolute atomic E-state index is 0.365. The largest absolute Gasteiger partial charge is 0.230 e. The summed E-state index contributed by atoms with van der Waals surface area (Å²) in [5, 5.41) is 7.86. The Bertz CT molecular complexity index is 331. The summed E-state index contributed by atoms with van der Waals surface area (Å²) in [5.41, 5.74) is 0. The van der Waals surface area contributed by atoms with Gasteiger partial charge in [-0.2, -0.15) is 5.26 Å². The van der Waals surface area contributed by atoms with Crippen LogP contribution in [-0.4, -0.2) is 31.1 Å². The highest BCUT2D eigenvalue weighted by Gasteiger charge is 2.34. The lowest BCUT2D eigenvalue weighted by Crippen LogP contribution is -2.36. The highest BCUT2D eigenvalue weighted by Crippen LogP contribution is 2.22. The third-order valence-electron chi connectivity index (χ3n) is 2.62. The predicted octanol–water partition coefficient (Wildman–Crippen LogP) is 0.960. The fourth-order valence-electron chi connectivity index (χ4n) is 1.67. The fraction of sp³-hybridized carbons (Fsp3) is 0.889. The average Bonchev–Trinajstić information content (AvgIpc) is 2.54. The molecule has 0 radical (unpaired) electrons. The van der Waals surface area contributed by atoms with Gasteiger partial charge in [-0.25, -0.2) is 12.7 Å². The minimum atomic E-state index is -3.36. The van der Waals surface area contributed by atoms with Crippen LogP contribution in [0, 0.1) is 17.2 Å². The van der Waals surface area contributed by atoms with Gasteiger partial charge in [-0.15, -0.1) is 0 Å².